The number of pyridine rings is 1. The lowest BCUT2D eigenvalue weighted by molar-refractivity contribution is 0.128. The van der Waals surface area contributed by atoms with Crippen molar-refractivity contribution in [1.82, 2.24) is 9.99 Å². The lowest BCUT2D eigenvalue weighted by Gasteiger charge is -2.15. The van der Waals surface area contributed by atoms with Gasteiger partial charge in [-0.2, -0.15) is 0 Å². The van der Waals surface area contributed by atoms with Gasteiger partial charge in [0.15, 0.2) is 18.2 Å². The van der Waals surface area contributed by atoms with Crippen molar-refractivity contribution in [2.75, 3.05) is 12.4 Å². The molecule has 0 saturated carbocycles. The number of carbonyl (C=O) groups is 1. The topological polar surface area (TPSA) is 126 Å². The van der Waals surface area contributed by atoms with Crippen LogP contribution in [-0.2, 0) is 11.4 Å². The maximum atomic E-state index is 12.0. The molecule has 0 spiro atoms. The number of likely N-dealkylation sites (N-methyl/N-ethyl adjacent to an activating group) is 1. The minimum absolute atomic E-state index is 0.00164. The molecule has 3 rings (SSSR count). The van der Waals surface area contributed by atoms with Gasteiger partial charge in [0, 0.05) is 12.6 Å². The molecule has 1 heterocycles. The Bertz CT molecular complexity index is 1060. The third-order valence-electron chi connectivity index (χ3n) is 3.98. The molecule has 1 amide bonds. The second-order valence-electron chi connectivity index (χ2n) is 6.38. The molecule has 9 heteroatoms. The lowest BCUT2D eigenvalue weighted by atomic mass is 10.1. The predicted molar refractivity (Wildman–Crippen MR) is 118 cm³/mol. The fourth-order valence-electron chi connectivity index (χ4n) is 2.51. The molecule has 2 aromatic carbocycles. The summed E-state index contributed by atoms with van der Waals surface area (Å²) in [6.07, 6.45) is -0.652. The third-order valence-corrected chi connectivity index (χ3v) is 3.98. The number of hydrazine groups is 1. The molecule has 9 nitrogen and oxygen atoms in total. The van der Waals surface area contributed by atoms with E-state index in [4.69, 9.17) is 20.8 Å². The first-order valence-corrected chi connectivity index (χ1v) is 9.35. The number of amidine groups is 1. The van der Waals surface area contributed by atoms with Crippen molar-refractivity contribution in [2.24, 2.45) is 11.0 Å². The highest BCUT2D eigenvalue weighted by Gasteiger charge is 2.14. The van der Waals surface area contributed by atoms with E-state index in [1.807, 2.05) is 24.3 Å². The summed E-state index contributed by atoms with van der Waals surface area (Å²) < 4.78 is 5.19. The van der Waals surface area contributed by atoms with E-state index in [2.05, 4.69) is 15.5 Å². The summed E-state index contributed by atoms with van der Waals surface area (Å²) in [7, 11) is 1.55. The van der Waals surface area contributed by atoms with Gasteiger partial charge < -0.3 is 9.57 Å². The van der Waals surface area contributed by atoms with Crippen molar-refractivity contribution < 1.29 is 14.4 Å². The van der Waals surface area contributed by atoms with E-state index in [1.165, 1.54) is 0 Å². The first kappa shape index (κ1) is 21.5. The number of benzene rings is 2. The molecule has 158 valence electrons. The normalized spacial score (nSPS) is 10.8. The van der Waals surface area contributed by atoms with Crippen LogP contribution in [0.25, 0.3) is 0 Å². The number of oxime groups is 1. The van der Waals surface area contributed by atoms with Gasteiger partial charge in [0.25, 0.3) is 0 Å². The number of anilines is 1. The van der Waals surface area contributed by atoms with Gasteiger partial charge in [0.2, 0.25) is 0 Å². The fourth-order valence-corrected chi connectivity index (χ4v) is 2.51. The molecule has 31 heavy (non-hydrogen) atoms. The quantitative estimate of drug-likeness (QED) is 0.234. The van der Waals surface area contributed by atoms with E-state index in [1.54, 1.807) is 61.6 Å². The lowest BCUT2D eigenvalue weighted by Crippen LogP contribution is -2.38. The van der Waals surface area contributed by atoms with E-state index in [9.17, 15) is 4.79 Å². The van der Waals surface area contributed by atoms with Crippen LogP contribution in [0.5, 0.6) is 5.75 Å². The summed E-state index contributed by atoms with van der Waals surface area (Å²) in [5, 5.41) is 15.9. The maximum Gasteiger partial charge on any atom is 0.418 e. The van der Waals surface area contributed by atoms with Crippen LogP contribution in [0.4, 0.5) is 10.6 Å². The largest absolute Gasteiger partial charge is 0.418 e. The second-order valence-corrected chi connectivity index (χ2v) is 6.38. The van der Waals surface area contributed by atoms with E-state index < -0.39 is 6.09 Å². The number of para-hydroxylation sites is 1. The highest BCUT2D eigenvalue weighted by Crippen LogP contribution is 2.12. The molecule has 4 N–H and O–H groups in total. The highest BCUT2D eigenvalue weighted by molar-refractivity contribution is 6.46. The summed E-state index contributed by atoms with van der Waals surface area (Å²) >= 11 is 0. The van der Waals surface area contributed by atoms with Crippen molar-refractivity contribution in [3.63, 3.8) is 0 Å². The van der Waals surface area contributed by atoms with Crippen molar-refractivity contribution >= 4 is 23.5 Å². The Hall–Kier alpha value is -4.24. The van der Waals surface area contributed by atoms with Crippen molar-refractivity contribution in [3.05, 3.63) is 90.1 Å². The molecule has 0 bridgehead atoms. The Morgan fingerprint density at radius 3 is 2.42 bits per heavy atom. The zero-order chi connectivity index (χ0) is 22.1. The van der Waals surface area contributed by atoms with Gasteiger partial charge in [-0.05, 0) is 24.3 Å². The average molecular weight is 418 g/mol. The van der Waals surface area contributed by atoms with Crippen molar-refractivity contribution in [1.29, 1.82) is 5.41 Å². The molecule has 0 aliphatic carbocycles. The molecule has 0 saturated heterocycles. The third kappa shape index (κ3) is 6.38. The van der Waals surface area contributed by atoms with Crippen LogP contribution < -0.4 is 15.9 Å². The van der Waals surface area contributed by atoms with Crippen molar-refractivity contribution in [3.8, 4) is 5.75 Å². The number of hydrogen-bond donors (Lipinski definition) is 3. The van der Waals surface area contributed by atoms with Crippen LogP contribution in [0.3, 0.4) is 0 Å². The van der Waals surface area contributed by atoms with Gasteiger partial charge in [-0.25, -0.2) is 15.6 Å². The van der Waals surface area contributed by atoms with Crippen LogP contribution >= 0.6 is 0 Å². The number of hydrogen-bond acceptors (Lipinski definition) is 7. The van der Waals surface area contributed by atoms with Gasteiger partial charge in [0.05, 0.1) is 5.69 Å². The highest BCUT2D eigenvalue weighted by atomic mass is 16.6. The number of aromatic nitrogens is 1. The molecule has 0 aliphatic rings. The van der Waals surface area contributed by atoms with Crippen LogP contribution in [0.15, 0.2) is 84.0 Å². The van der Waals surface area contributed by atoms with Crippen LogP contribution in [0.1, 0.15) is 11.3 Å². The van der Waals surface area contributed by atoms with Gasteiger partial charge in [0.1, 0.15) is 11.6 Å². The average Bonchev–Trinajstić information content (AvgIpc) is 2.78. The van der Waals surface area contributed by atoms with E-state index in [0.717, 1.165) is 5.01 Å². The molecular weight excluding hydrogens is 396 g/mol. The first-order valence-electron chi connectivity index (χ1n) is 9.35. The van der Waals surface area contributed by atoms with Gasteiger partial charge in [-0.1, -0.05) is 59.8 Å². The maximum absolute atomic E-state index is 12.0. The smallest absolute Gasteiger partial charge is 0.410 e. The zero-order valence-corrected chi connectivity index (χ0v) is 16.9. The van der Waals surface area contributed by atoms with Crippen LogP contribution in [0.2, 0.25) is 0 Å². The number of nitrogens with one attached hydrogen (secondary N) is 2. The molecule has 0 aliphatic heterocycles. The van der Waals surface area contributed by atoms with E-state index in [-0.39, 0.29) is 18.2 Å². The molecule has 0 unspecified atom stereocenters. The SMILES string of the molecule is CN(N)C(=N)/C(=N\OCc1cccc(NC(=O)Oc2ccccc2)n1)c1ccccc1. The molecule has 0 radical (unpaired) electrons. The Morgan fingerprint density at radius 2 is 1.74 bits per heavy atom. The number of nitrogens with two attached hydrogens (primary N) is 1. The zero-order valence-electron chi connectivity index (χ0n) is 16.9. The fraction of sp³-hybridized carbons (Fsp3) is 0.0909. The molecule has 1 aromatic heterocycles. The molecular formula is C22H22N6O3. The minimum atomic E-state index is -0.652. The van der Waals surface area contributed by atoms with E-state index in [0.29, 0.717) is 22.8 Å². The van der Waals surface area contributed by atoms with Crippen LogP contribution in [0, 0.1) is 5.41 Å². The predicted octanol–water partition coefficient (Wildman–Crippen LogP) is 3.40. The standard InChI is InChI=1S/C22H22N6O3/c1-28(24)21(23)20(16-9-4-2-5-10-16)27-30-15-17-11-8-14-19(25-17)26-22(29)31-18-12-6-3-7-13-18/h2-14,23H,15,24H2,1H3,(H,25,26,29)/b23-21?,27-20-. The summed E-state index contributed by atoms with van der Waals surface area (Å²) in [5.74, 6) is 6.42. The van der Waals surface area contributed by atoms with Gasteiger partial charge in [-0.15, -0.1) is 0 Å². The summed E-state index contributed by atoms with van der Waals surface area (Å²) in [6, 6.07) is 22.9. The second kappa shape index (κ2) is 10.5. The number of rotatable bonds is 7. The Balaban J connectivity index is 1.64. The minimum Gasteiger partial charge on any atom is -0.410 e. The Kier molecular flexibility index (Phi) is 7.28. The van der Waals surface area contributed by atoms with Crippen LogP contribution in [-0.4, -0.2) is 34.7 Å². The molecule has 3 aromatic rings. The number of nitrogens with zero attached hydrogens (tertiary/aromatic N) is 3. The van der Waals surface area contributed by atoms with E-state index >= 15 is 0 Å². The molecule has 0 atom stereocenters. The van der Waals surface area contributed by atoms with Gasteiger partial charge in [-0.3, -0.25) is 15.7 Å². The molecule has 0 fully saturated rings. The first-order chi connectivity index (χ1) is 15.0. The number of ether oxygens (including phenoxy) is 1. The summed E-state index contributed by atoms with van der Waals surface area (Å²) in [4.78, 5) is 21.8. The Labute approximate surface area is 179 Å². The summed E-state index contributed by atoms with van der Waals surface area (Å²) in [6.45, 7) is 0.0289. The number of amides is 1. The van der Waals surface area contributed by atoms with Gasteiger partial charge >= 0.3 is 6.09 Å². The monoisotopic (exact) mass is 418 g/mol. The Morgan fingerprint density at radius 1 is 1.06 bits per heavy atom. The number of carbonyl (C=O) groups excluding carboxylic acids is 1. The van der Waals surface area contributed by atoms with Crippen molar-refractivity contribution in [2.45, 2.75) is 6.61 Å². The summed E-state index contributed by atoms with van der Waals surface area (Å²) in [5.41, 5.74) is 1.50.